The summed E-state index contributed by atoms with van der Waals surface area (Å²) in [7, 11) is 0. The first-order chi connectivity index (χ1) is 13.6. The normalized spacial score (nSPS) is 17.9. The zero-order valence-electron chi connectivity index (χ0n) is 15.1. The van der Waals surface area contributed by atoms with E-state index in [-0.39, 0.29) is 17.3 Å². The monoisotopic (exact) mass is 371 g/mol. The Bertz CT molecular complexity index is 1150. The van der Waals surface area contributed by atoms with E-state index in [1.165, 1.54) is 0 Å². The Morgan fingerprint density at radius 1 is 1.11 bits per heavy atom. The number of nitriles is 1. The van der Waals surface area contributed by atoms with E-state index in [9.17, 15) is 14.9 Å². The third-order valence-corrected chi connectivity index (χ3v) is 4.70. The minimum absolute atomic E-state index is 0.171. The van der Waals surface area contributed by atoms with Crippen LogP contribution in [-0.2, 0) is 4.79 Å². The van der Waals surface area contributed by atoms with Crippen LogP contribution in [-0.4, -0.2) is 15.9 Å². The number of aromatic amines is 1. The summed E-state index contributed by atoms with van der Waals surface area (Å²) >= 11 is 0. The van der Waals surface area contributed by atoms with E-state index >= 15 is 0 Å². The summed E-state index contributed by atoms with van der Waals surface area (Å²) in [5.41, 5.74) is 2.36. The van der Waals surface area contributed by atoms with E-state index < -0.39 is 23.3 Å². The zero-order chi connectivity index (χ0) is 19.7. The Morgan fingerprint density at radius 2 is 1.89 bits per heavy atom. The second kappa shape index (κ2) is 7.00. The first-order valence-corrected chi connectivity index (χ1v) is 8.80. The van der Waals surface area contributed by atoms with Gasteiger partial charge in [0.2, 0.25) is 11.9 Å². The molecule has 4 rings (SSSR count). The molecule has 0 radical (unpaired) electrons. The largest absolute Gasteiger partial charge is 0.326 e. The molecule has 3 aromatic rings. The molecule has 138 valence electrons. The Balaban J connectivity index is 1.83. The van der Waals surface area contributed by atoms with Crippen molar-refractivity contribution in [3.8, 4) is 6.07 Å². The van der Waals surface area contributed by atoms with Crippen molar-refractivity contribution in [1.82, 2.24) is 9.97 Å². The molecule has 0 saturated carbocycles. The van der Waals surface area contributed by atoms with Gasteiger partial charge in [0.15, 0.2) is 0 Å². The maximum Gasteiger partial charge on any atom is 0.258 e. The van der Waals surface area contributed by atoms with Crippen LogP contribution in [0.4, 0.5) is 17.5 Å². The van der Waals surface area contributed by atoms with Crippen LogP contribution in [0.5, 0.6) is 0 Å². The van der Waals surface area contributed by atoms with Gasteiger partial charge in [0.05, 0.1) is 11.6 Å². The molecule has 0 spiro atoms. The Hall–Kier alpha value is -3.92. The lowest BCUT2D eigenvalue weighted by atomic mass is 9.79. The number of hydrogen-bond donors (Lipinski definition) is 3. The van der Waals surface area contributed by atoms with Crippen molar-refractivity contribution < 1.29 is 4.79 Å². The van der Waals surface area contributed by atoms with Gasteiger partial charge in [-0.15, -0.1) is 0 Å². The van der Waals surface area contributed by atoms with Crippen molar-refractivity contribution in [3.63, 3.8) is 0 Å². The van der Waals surface area contributed by atoms with E-state index in [1.54, 1.807) is 0 Å². The van der Waals surface area contributed by atoms with Gasteiger partial charge >= 0.3 is 0 Å². The Kier molecular flexibility index (Phi) is 4.38. The molecule has 2 heterocycles. The lowest BCUT2D eigenvalue weighted by Gasteiger charge is -2.28. The first kappa shape index (κ1) is 17.5. The quantitative estimate of drug-likeness (QED) is 0.655. The highest BCUT2D eigenvalue weighted by molar-refractivity contribution is 5.98. The summed E-state index contributed by atoms with van der Waals surface area (Å²) in [6.07, 6.45) is 0. The molecule has 0 fully saturated rings. The lowest BCUT2D eigenvalue weighted by Crippen LogP contribution is -2.38. The number of para-hydroxylation sites is 1. The minimum Gasteiger partial charge on any atom is -0.326 e. The van der Waals surface area contributed by atoms with E-state index in [2.05, 4.69) is 20.6 Å². The van der Waals surface area contributed by atoms with Crippen LogP contribution in [0, 0.1) is 24.2 Å². The number of carbonyl (C=O) groups is 1. The lowest BCUT2D eigenvalue weighted by molar-refractivity contribution is -0.119. The molecule has 3 N–H and O–H groups in total. The van der Waals surface area contributed by atoms with Gasteiger partial charge in [-0.05, 0) is 24.6 Å². The number of anilines is 3. The minimum atomic E-state index is -1.01. The van der Waals surface area contributed by atoms with Gasteiger partial charge in [-0.2, -0.15) is 10.2 Å². The van der Waals surface area contributed by atoms with Crippen LogP contribution < -0.4 is 16.2 Å². The van der Waals surface area contributed by atoms with Crippen molar-refractivity contribution in [1.29, 1.82) is 5.26 Å². The Morgan fingerprint density at radius 3 is 2.61 bits per heavy atom. The van der Waals surface area contributed by atoms with Crippen molar-refractivity contribution in [2.75, 3.05) is 10.6 Å². The summed E-state index contributed by atoms with van der Waals surface area (Å²) in [4.78, 5) is 32.5. The van der Waals surface area contributed by atoms with E-state index in [4.69, 9.17) is 0 Å². The number of nitrogens with one attached hydrogen (secondary N) is 3. The highest BCUT2D eigenvalue weighted by Gasteiger charge is 2.40. The number of rotatable bonds is 3. The van der Waals surface area contributed by atoms with Crippen LogP contribution in [0.25, 0.3) is 0 Å². The molecule has 7 heteroatoms. The first-order valence-electron chi connectivity index (χ1n) is 8.80. The van der Waals surface area contributed by atoms with Crippen LogP contribution in [0.2, 0.25) is 0 Å². The van der Waals surface area contributed by atoms with E-state index in [1.807, 2.05) is 67.6 Å². The molecular weight excluding hydrogens is 354 g/mol. The molecule has 0 aliphatic carbocycles. The van der Waals surface area contributed by atoms with Crippen LogP contribution in [0.15, 0.2) is 59.4 Å². The highest BCUT2D eigenvalue weighted by Crippen LogP contribution is 2.38. The molecule has 1 aliphatic heterocycles. The molecule has 7 nitrogen and oxygen atoms in total. The molecular formula is C21H17N5O2. The van der Waals surface area contributed by atoms with E-state index in [0.29, 0.717) is 0 Å². The van der Waals surface area contributed by atoms with Crippen molar-refractivity contribution >= 4 is 23.4 Å². The van der Waals surface area contributed by atoms with Crippen molar-refractivity contribution in [3.05, 3.63) is 81.6 Å². The molecule has 2 aromatic carbocycles. The average molecular weight is 371 g/mol. The third kappa shape index (κ3) is 3.12. The van der Waals surface area contributed by atoms with Crippen molar-refractivity contribution in [2.24, 2.45) is 5.92 Å². The summed E-state index contributed by atoms with van der Waals surface area (Å²) in [6, 6.07) is 18.8. The topological polar surface area (TPSA) is 111 Å². The summed E-state index contributed by atoms with van der Waals surface area (Å²) in [5.74, 6) is -1.77. The molecule has 0 bridgehead atoms. The second-order valence-electron chi connectivity index (χ2n) is 6.66. The summed E-state index contributed by atoms with van der Waals surface area (Å²) in [5, 5.41) is 15.2. The number of aryl methyl sites for hydroxylation is 1. The zero-order valence-corrected chi connectivity index (χ0v) is 15.1. The average Bonchev–Trinajstić information content (AvgIpc) is 2.67. The van der Waals surface area contributed by atoms with Gasteiger partial charge in [-0.1, -0.05) is 48.0 Å². The number of fused-ring (bicyclic) bond motifs is 1. The number of carbonyl (C=O) groups excluding carboxylic acids is 1. The molecule has 1 aliphatic rings. The summed E-state index contributed by atoms with van der Waals surface area (Å²) < 4.78 is 0. The molecule has 28 heavy (non-hydrogen) atoms. The maximum absolute atomic E-state index is 12.9. The second-order valence-corrected chi connectivity index (χ2v) is 6.66. The van der Waals surface area contributed by atoms with Gasteiger partial charge in [0, 0.05) is 11.6 Å². The number of hydrogen-bond acceptors (Lipinski definition) is 5. The standard InChI is InChI=1S/C21H17N5O2/c1-12-6-5-7-13(10-12)16-15(11-22)19(27)24-18-17(16)20(28)26-21(25-18)23-14-8-3-2-4-9-14/h2-10,15-16H,1H3,(H3,23,24,25,26,27,28)/t15-,16+/m1/s1. The number of H-pyrrole nitrogens is 1. The Labute approximate surface area is 161 Å². The molecule has 0 saturated heterocycles. The number of benzene rings is 2. The van der Waals surface area contributed by atoms with Gasteiger partial charge in [0.25, 0.3) is 5.56 Å². The molecule has 2 atom stereocenters. The number of nitrogens with zero attached hydrogens (tertiary/aromatic N) is 2. The predicted octanol–water partition coefficient (Wildman–Crippen LogP) is 3.05. The fourth-order valence-electron chi connectivity index (χ4n) is 3.45. The van der Waals surface area contributed by atoms with Crippen LogP contribution in [0.1, 0.15) is 22.6 Å². The van der Waals surface area contributed by atoms with Crippen LogP contribution >= 0.6 is 0 Å². The number of aromatic nitrogens is 2. The van der Waals surface area contributed by atoms with Crippen molar-refractivity contribution in [2.45, 2.75) is 12.8 Å². The third-order valence-electron chi connectivity index (χ3n) is 4.70. The van der Waals surface area contributed by atoms with Gasteiger partial charge in [-0.25, -0.2) is 0 Å². The predicted molar refractivity (Wildman–Crippen MR) is 105 cm³/mol. The molecule has 0 unspecified atom stereocenters. The smallest absolute Gasteiger partial charge is 0.258 e. The summed E-state index contributed by atoms with van der Waals surface area (Å²) in [6.45, 7) is 1.92. The number of amides is 1. The van der Waals surface area contributed by atoms with Gasteiger partial charge in [-0.3, -0.25) is 14.6 Å². The fourth-order valence-corrected chi connectivity index (χ4v) is 3.45. The van der Waals surface area contributed by atoms with Gasteiger partial charge < -0.3 is 10.6 Å². The van der Waals surface area contributed by atoms with Gasteiger partial charge in [0.1, 0.15) is 11.7 Å². The highest BCUT2D eigenvalue weighted by atomic mass is 16.2. The SMILES string of the molecule is Cc1cccc([C@@H]2c3c(nc(Nc4ccccc4)[nH]c3=O)NC(=O)[C@@H]2C#N)c1. The fraction of sp³-hybridized carbons (Fsp3) is 0.143. The molecule has 1 amide bonds. The van der Waals surface area contributed by atoms with Crippen LogP contribution in [0.3, 0.4) is 0 Å². The molecule has 1 aromatic heterocycles. The maximum atomic E-state index is 12.9. The van der Waals surface area contributed by atoms with E-state index in [0.717, 1.165) is 16.8 Å².